The Morgan fingerprint density at radius 2 is 1.57 bits per heavy atom. The van der Waals surface area contributed by atoms with E-state index < -0.39 is 40.7 Å². The molecule has 0 spiro atoms. The highest BCUT2D eigenvalue weighted by Crippen LogP contribution is 2.48. The second-order valence-corrected chi connectivity index (χ2v) is 8.89. The van der Waals surface area contributed by atoms with Crippen LogP contribution in [-0.4, -0.2) is 29.8 Å². The van der Waals surface area contributed by atoms with Gasteiger partial charge >= 0.3 is 12.4 Å². The molecule has 0 unspecified atom stereocenters. The van der Waals surface area contributed by atoms with Gasteiger partial charge in [-0.15, -0.1) is 0 Å². The molecule has 30 heavy (non-hydrogen) atoms. The van der Waals surface area contributed by atoms with Crippen molar-refractivity contribution >= 4 is 5.78 Å². The predicted molar refractivity (Wildman–Crippen MR) is 99.3 cm³/mol. The van der Waals surface area contributed by atoms with Gasteiger partial charge in [0.25, 0.3) is 0 Å². The number of hydrogen-bond donors (Lipinski definition) is 0. The van der Waals surface area contributed by atoms with Crippen LogP contribution in [-0.2, 0) is 12.4 Å². The summed E-state index contributed by atoms with van der Waals surface area (Å²) in [5, 5.41) is 0. The third-order valence-corrected chi connectivity index (χ3v) is 6.77. The van der Waals surface area contributed by atoms with Crippen molar-refractivity contribution in [3.63, 3.8) is 0 Å². The Morgan fingerprint density at radius 1 is 0.900 bits per heavy atom. The Morgan fingerprint density at radius 3 is 2.13 bits per heavy atom. The van der Waals surface area contributed by atoms with Gasteiger partial charge in [0.05, 0.1) is 11.1 Å². The van der Waals surface area contributed by atoms with E-state index in [1.54, 1.807) is 0 Å². The minimum absolute atomic E-state index is 0.0324. The maximum Gasteiger partial charge on any atom is 0.417 e. The molecule has 2 saturated carbocycles. The molecule has 1 heterocycles. The van der Waals surface area contributed by atoms with Crippen LogP contribution in [0.3, 0.4) is 0 Å². The van der Waals surface area contributed by atoms with E-state index in [0.717, 1.165) is 51.3 Å². The average molecular weight is 433 g/mol. The number of Topliss-reactive ketones (excluding diaryl/α,β-unsaturated/α-hetero) is 1. The highest BCUT2D eigenvalue weighted by atomic mass is 19.4. The lowest BCUT2D eigenvalue weighted by Gasteiger charge is -2.29. The summed E-state index contributed by atoms with van der Waals surface area (Å²) in [6.45, 7) is 1.88. The number of alkyl halides is 6. The van der Waals surface area contributed by atoms with Crippen LogP contribution in [0.15, 0.2) is 12.1 Å². The largest absolute Gasteiger partial charge is 0.417 e. The number of ketones is 1. The summed E-state index contributed by atoms with van der Waals surface area (Å²) in [7, 11) is 0. The zero-order valence-corrected chi connectivity index (χ0v) is 16.6. The molecule has 2 atom stereocenters. The van der Waals surface area contributed by atoms with Gasteiger partial charge in [-0.05, 0) is 81.1 Å². The molecular formula is C22H25F6NO. The van der Waals surface area contributed by atoms with E-state index >= 15 is 0 Å². The molecule has 8 heteroatoms. The molecule has 4 rings (SSSR count). The lowest BCUT2D eigenvalue weighted by atomic mass is 9.86. The molecule has 1 aromatic rings. The number of nitrogens with zero attached hydrogens (tertiary/aromatic N) is 1. The number of hydrogen-bond acceptors (Lipinski definition) is 2. The molecule has 3 aliphatic rings. The molecule has 0 bridgehead atoms. The first kappa shape index (κ1) is 21.7. The predicted octanol–water partition coefficient (Wildman–Crippen LogP) is 6.44. The van der Waals surface area contributed by atoms with Crippen molar-refractivity contribution in [1.29, 1.82) is 0 Å². The summed E-state index contributed by atoms with van der Waals surface area (Å²) in [5.74, 6) is -1.09. The topological polar surface area (TPSA) is 20.3 Å². The van der Waals surface area contributed by atoms with Gasteiger partial charge in [-0.2, -0.15) is 26.3 Å². The first-order chi connectivity index (χ1) is 14.1. The third-order valence-electron chi connectivity index (χ3n) is 6.77. The zero-order valence-electron chi connectivity index (χ0n) is 16.6. The monoisotopic (exact) mass is 433 g/mol. The molecule has 1 aliphatic heterocycles. The number of carbonyl (C=O) groups is 1. The molecule has 0 radical (unpaired) electrons. The van der Waals surface area contributed by atoms with Crippen LogP contribution in [0, 0.1) is 5.92 Å². The maximum atomic E-state index is 13.7. The smallest absolute Gasteiger partial charge is 0.300 e. The Balaban J connectivity index is 1.69. The highest BCUT2D eigenvalue weighted by molar-refractivity contribution is 5.99. The molecule has 0 aromatic heterocycles. The first-order valence-corrected chi connectivity index (χ1v) is 10.7. The SMILES string of the molecule is O=C(C[C@H]1CCC[C@H]1N1CCCC1)c1c(C2CC2)cc(C(F)(F)F)cc1C(F)(F)F. The van der Waals surface area contributed by atoms with Gasteiger partial charge in [0.2, 0.25) is 0 Å². The van der Waals surface area contributed by atoms with Gasteiger partial charge in [0.15, 0.2) is 5.78 Å². The average Bonchev–Trinajstić information content (AvgIpc) is 3.16. The van der Waals surface area contributed by atoms with Gasteiger partial charge in [-0.1, -0.05) is 6.42 Å². The summed E-state index contributed by atoms with van der Waals surface area (Å²) in [6, 6.07) is 1.07. The molecule has 1 aromatic carbocycles. The number of benzene rings is 1. The van der Waals surface area contributed by atoms with Crippen LogP contribution in [0.5, 0.6) is 0 Å². The van der Waals surface area contributed by atoms with E-state index in [1.165, 1.54) is 0 Å². The van der Waals surface area contributed by atoms with Crippen LogP contribution in [0.2, 0.25) is 0 Å². The fourth-order valence-electron chi connectivity index (χ4n) is 5.23. The van der Waals surface area contributed by atoms with E-state index in [0.29, 0.717) is 12.8 Å². The number of rotatable bonds is 5. The zero-order chi connectivity index (χ0) is 21.7. The van der Waals surface area contributed by atoms with E-state index in [4.69, 9.17) is 0 Å². The van der Waals surface area contributed by atoms with Crippen LogP contribution >= 0.6 is 0 Å². The number of likely N-dealkylation sites (tertiary alicyclic amines) is 1. The first-order valence-electron chi connectivity index (χ1n) is 10.7. The molecule has 2 aliphatic carbocycles. The van der Waals surface area contributed by atoms with Crippen molar-refractivity contribution < 1.29 is 31.1 Å². The van der Waals surface area contributed by atoms with E-state index in [1.807, 2.05) is 0 Å². The summed E-state index contributed by atoms with van der Waals surface area (Å²) in [6.07, 6.45) is -4.13. The summed E-state index contributed by atoms with van der Waals surface area (Å²) in [5.41, 5.74) is -3.35. The van der Waals surface area contributed by atoms with Crippen molar-refractivity contribution in [2.45, 2.75) is 75.7 Å². The van der Waals surface area contributed by atoms with Gasteiger partial charge in [0.1, 0.15) is 0 Å². The van der Waals surface area contributed by atoms with Crippen molar-refractivity contribution in [3.8, 4) is 0 Å². The highest BCUT2D eigenvalue weighted by Gasteiger charge is 2.44. The second-order valence-electron chi connectivity index (χ2n) is 8.89. The van der Waals surface area contributed by atoms with Crippen LogP contribution in [0.25, 0.3) is 0 Å². The Hall–Kier alpha value is -1.57. The van der Waals surface area contributed by atoms with Gasteiger partial charge < -0.3 is 4.90 Å². The number of halogens is 6. The molecule has 3 fully saturated rings. The lowest BCUT2D eigenvalue weighted by molar-refractivity contribution is -0.143. The van der Waals surface area contributed by atoms with Gasteiger partial charge in [0, 0.05) is 18.0 Å². The molecule has 1 saturated heterocycles. The van der Waals surface area contributed by atoms with Crippen LogP contribution in [0.4, 0.5) is 26.3 Å². The minimum atomic E-state index is -5.01. The van der Waals surface area contributed by atoms with Gasteiger partial charge in [-0.25, -0.2) is 0 Å². The maximum absolute atomic E-state index is 13.7. The summed E-state index contributed by atoms with van der Waals surface area (Å²) in [4.78, 5) is 15.5. The van der Waals surface area contributed by atoms with E-state index in [2.05, 4.69) is 4.90 Å². The fraction of sp³-hybridized carbons (Fsp3) is 0.682. The van der Waals surface area contributed by atoms with Crippen LogP contribution in [0.1, 0.15) is 84.3 Å². The van der Waals surface area contributed by atoms with Crippen molar-refractivity contribution in [2.75, 3.05) is 13.1 Å². The Bertz CT molecular complexity index is 805. The summed E-state index contributed by atoms with van der Waals surface area (Å²) >= 11 is 0. The van der Waals surface area contributed by atoms with E-state index in [-0.39, 0.29) is 30.0 Å². The number of carbonyl (C=O) groups excluding carboxylic acids is 1. The second kappa shape index (κ2) is 7.84. The van der Waals surface area contributed by atoms with Crippen LogP contribution < -0.4 is 0 Å². The summed E-state index contributed by atoms with van der Waals surface area (Å²) < 4.78 is 81.0. The van der Waals surface area contributed by atoms with Crippen molar-refractivity contribution in [2.24, 2.45) is 5.92 Å². The lowest BCUT2D eigenvalue weighted by Crippen LogP contribution is -2.36. The minimum Gasteiger partial charge on any atom is -0.300 e. The van der Waals surface area contributed by atoms with Crippen molar-refractivity contribution in [1.82, 2.24) is 4.90 Å². The Labute approximate surface area is 171 Å². The molecule has 166 valence electrons. The Kier molecular flexibility index (Phi) is 5.66. The normalized spacial score (nSPS) is 25.8. The quantitative estimate of drug-likeness (QED) is 0.394. The molecule has 0 amide bonds. The van der Waals surface area contributed by atoms with E-state index in [9.17, 15) is 31.1 Å². The molecular weight excluding hydrogens is 408 g/mol. The molecule has 0 N–H and O–H groups in total. The standard InChI is InChI=1S/C22H25F6NO/c23-21(24,25)15-11-16(13-6-7-13)20(17(12-15)22(26,27)28)19(30)10-14-4-3-5-18(14)29-8-1-2-9-29/h11-14,18H,1-10H2/t14-,18-/m1/s1. The fourth-order valence-corrected chi connectivity index (χ4v) is 5.23. The van der Waals surface area contributed by atoms with Gasteiger partial charge in [-0.3, -0.25) is 4.79 Å². The third kappa shape index (κ3) is 4.39. The molecule has 2 nitrogen and oxygen atoms in total. The van der Waals surface area contributed by atoms with Crippen molar-refractivity contribution in [3.05, 3.63) is 34.4 Å².